The number of halogens is 2. The molecule has 34 heavy (non-hydrogen) atoms. The van der Waals surface area contributed by atoms with Crippen LogP contribution in [-0.2, 0) is 22.6 Å². The maximum Gasteiger partial charge on any atom is 0.242 e. The van der Waals surface area contributed by atoms with Gasteiger partial charge in [0.25, 0.3) is 0 Å². The minimum atomic E-state index is -0.620. The molecular weight excluding hydrogens is 467 g/mol. The van der Waals surface area contributed by atoms with Crippen molar-refractivity contribution in [3.8, 4) is 0 Å². The first kappa shape index (κ1) is 26.6. The lowest BCUT2D eigenvalue weighted by molar-refractivity contribution is -0.141. The molecule has 184 valence electrons. The monoisotopic (exact) mass is 502 g/mol. The normalized spacial score (nSPS) is 15.2. The van der Waals surface area contributed by atoms with E-state index >= 15 is 0 Å². The van der Waals surface area contributed by atoms with Gasteiger partial charge in [0.2, 0.25) is 11.8 Å². The molecule has 1 saturated carbocycles. The van der Waals surface area contributed by atoms with Gasteiger partial charge in [0.1, 0.15) is 6.04 Å². The summed E-state index contributed by atoms with van der Waals surface area (Å²) in [6.45, 7) is 6.31. The average molecular weight is 504 g/mol. The molecule has 0 unspecified atom stereocenters. The Hall–Kier alpha value is -2.04. The minimum absolute atomic E-state index is 0.0878. The molecule has 0 saturated heterocycles. The summed E-state index contributed by atoms with van der Waals surface area (Å²) in [4.78, 5) is 28.2. The second-order valence-corrected chi connectivity index (χ2v) is 10.5. The molecule has 0 radical (unpaired) electrons. The molecule has 2 aromatic carbocycles. The van der Waals surface area contributed by atoms with Gasteiger partial charge >= 0.3 is 0 Å². The SMILES string of the molecule is CC(C)c1ccc(CCC(=O)N(Cc2c(Cl)cccc2Cl)[C@@H](C)C(=O)NC2CCCCC2)cc1. The number of carbonyl (C=O) groups excluding carboxylic acids is 2. The first-order chi connectivity index (χ1) is 16.3. The van der Waals surface area contributed by atoms with Crippen molar-refractivity contribution in [3.05, 3.63) is 69.2 Å². The number of amides is 2. The Morgan fingerprint density at radius 1 is 0.971 bits per heavy atom. The predicted octanol–water partition coefficient (Wildman–Crippen LogP) is 6.92. The number of benzene rings is 2. The molecule has 3 rings (SSSR count). The number of rotatable bonds is 9. The number of nitrogens with zero attached hydrogens (tertiary/aromatic N) is 1. The van der Waals surface area contributed by atoms with Crippen molar-refractivity contribution in [2.24, 2.45) is 0 Å². The van der Waals surface area contributed by atoms with Crippen LogP contribution < -0.4 is 5.32 Å². The van der Waals surface area contributed by atoms with E-state index in [4.69, 9.17) is 23.2 Å². The van der Waals surface area contributed by atoms with Gasteiger partial charge in [0.15, 0.2) is 0 Å². The van der Waals surface area contributed by atoms with Crippen LogP contribution in [0.15, 0.2) is 42.5 Å². The number of hydrogen-bond donors (Lipinski definition) is 1. The van der Waals surface area contributed by atoms with Crippen molar-refractivity contribution in [2.75, 3.05) is 0 Å². The number of aryl methyl sites for hydroxylation is 1. The summed E-state index contributed by atoms with van der Waals surface area (Å²) in [7, 11) is 0. The number of carbonyl (C=O) groups is 2. The Bertz CT molecular complexity index is 949. The summed E-state index contributed by atoms with van der Waals surface area (Å²) in [6.07, 6.45) is 6.39. The van der Waals surface area contributed by atoms with E-state index in [-0.39, 0.29) is 24.4 Å². The third kappa shape index (κ3) is 7.23. The van der Waals surface area contributed by atoms with Crippen molar-refractivity contribution in [1.82, 2.24) is 10.2 Å². The Balaban J connectivity index is 1.74. The maximum atomic E-state index is 13.4. The van der Waals surface area contributed by atoms with Crippen LogP contribution >= 0.6 is 23.2 Å². The topological polar surface area (TPSA) is 49.4 Å². The van der Waals surface area contributed by atoms with E-state index in [0.29, 0.717) is 34.4 Å². The van der Waals surface area contributed by atoms with Crippen LogP contribution in [0.25, 0.3) is 0 Å². The number of hydrogen-bond acceptors (Lipinski definition) is 2. The lowest BCUT2D eigenvalue weighted by atomic mass is 9.95. The molecule has 0 bridgehead atoms. The highest BCUT2D eigenvalue weighted by molar-refractivity contribution is 6.36. The molecule has 1 fully saturated rings. The highest BCUT2D eigenvalue weighted by Gasteiger charge is 2.29. The van der Waals surface area contributed by atoms with E-state index in [2.05, 4.69) is 43.4 Å². The fourth-order valence-corrected chi connectivity index (χ4v) is 4.99. The van der Waals surface area contributed by atoms with Gasteiger partial charge in [0.05, 0.1) is 0 Å². The minimum Gasteiger partial charge on any atom is -0.352 e. The van der Waals surface area contributed by atoms with E-state index in [1.54, 1.807) is 30.0 Å². The molecule has 0 aliphatic heterocycles. The van der Waals surface area contributed by atoms with Crippen LogP contribution in [0.3, 0.4) is 0 Å². The molecule has 2 aromatic rings. The van der Waals surface area contributed by atoms with E-state index in [1.165, 1.54) is 12.0 Å². The average Bonchev–Trinajstić information content (AvgIpc) is 2.83. The number of nitrogens with one attached hydrogen (secondary N) is 1. The maximum absolute atomic E-state index is 13.4. The molecule has 1 N–H and O–H groups in total. The van der Waals surface area contributed by atoms with Crippen molar-refractivity contribution >= 4 is 35.0 Å². The van der Waals surface area contributed by atoms with Gasteiger partial charge in [-0.05, 0) is 55.4 Å². The third-order valence-electron chi connectivity index (χ3n) is 6.78. The molecule has 4 nitrogen and oxygen atoms in total. The molecular formula is C28H36Cl2N2O2. The van der Waals surface area contributed by atoms with Crippen LogP contribution in [0.1, 0.15) is 81.9 Å². The molecule has 6 heteroatoms. The Morgan fingerprint density at radius 3 is 2.18 bits per heavy atom. The van der Waals surface area contributed by atoms with Crippen LogP contribution in [-0.4, -0.2) is 28.8 Å². The summed E-state index contributed by atoms with van der Waals surface area (Å²) in [6, 6.07) is 13.3. The Kier molecular flexibility index (Phi) is 9.85. The van der Waals surface area contributed by atoms with Crippen molar-refractivity contribution in [1.29, 1.82) is 0 Å². The second-order valence-electron chi connectivity index (χ2n) is 9.64. The fraction of sp³-hybridized carbons (Fsp3) is 0.500. The highest BCUT2D eigenvalue weighted by Crippen LogP contribution is 2.27. The Morgan fingerprint density at radius 2 is 1.59 bits per heavy atom. The van der Waals surface area contributed by atoms with Gasteiger partial charge in [-0.2, -0.15) is 0 Å². The molecule has 1 aliphatic rings. The van der Waals surface area contributed by atoms with Gasteiger partial charge in [-0.1, -0.05) is 86.6 Å². The summed E-state index contributed by atoms with van der Waals surface area (Å²) in [5, 5.41) is 4.15. The molecule has 1 atom stereocenters. The van der Waals surface area contributed by atoms with Gasteiger partial charge in [0, 0.05) is 34.6 Å². The zero-order chi connectivity index (χ0) is 24.7. The molecule has 1 aliphatic carbocycles. The van der Waals surface area contributed by atoms with Crippen molar-refractivity contribution < 1.29 is 9.59 Å². The lowest BCUT2D eigenvalue weighted by Crippen LogP contribution is -2.50. The third-order valence-corrected chi connectivity index (χ3v) is 7.49. The van der Waals surface area contributed by atoms with E-state index in [9.17, 15) is 9.59 Å². The van der Waals surface area contributed by atoms with Gasteiger partial charge in [-0.25, -0.2) is 0 Å². The van der Waals surface area contributed by atoms with E-state index in [0.717, 1.165) is 31.2 Å². The molecule has 0 heterocycles. The summed E-state index contributed by atoms with van der Waals surface area (Å²) < 4.78 is 0. The molecule has 0 aromatic heterocycles. The first-order valence-electron chi connectivity index (χ1n) is 12.4. The Labute approximate surface area is 214 Å². The predicted molar refractivity (Wildman–Crippen MR) is 140 cm³/mol. The lowest BCUT2D eigenvalue weighted by Gasteiger charge is -2.31. The quantitative estimate of drug-likeness (QED) is 0.404. The fourth-order valence-electron chi connectivity index (χ4n) is 4.47. The molecule has 0 spiro atoms. The van der Waals surface area contributed by atoms with E-state index < -0.39 is 6.04 Å². The van der Waals surface area contributed by atoms with Crippen molar-refractivity contribution in [2.45, 2.75) is 90.3 Å². The highest BCUT2D eigenvalue weighted by atomic mass is 35.5. The van der Waals surface area contributed by atoms with Gasteiger partial charge in [-0.3, -0.25) is 9.59 Å². The largest absolute Gasteiger partial charge is 0.352 e. The van der Waals surface area contributed by atoms with Crippen LogP contribution in [0.4, 0.5) is 0 Å². The van der Waals surface area contributed by atoms with E-state index in [1.807, 2.05) is 0 Å². The van der Waals surface area contributed by atoms with Crippen LogP contribution in [0.2, 0.25) is 10.0 Å². The summed E-state index contributed by atoms with van der Waals surface area (Å²) in [5.74, 6) is 0.259. The standard InChI is InChI=1S/C28H36Cl2N2O2/c1-19(2)22-15-12-21(13-16-22)14-17-27(33)32(18-24-25(29)10-7-11-26(24)30)20(3)28(34)31-23-8-5-4-6-9-23/h7,10-13,15-16,19-20,23H,4-6,8-9,14,17-18H2,1-3H3,(H,31,34)/t20-/m0/s1. The smallest absolute Gasteiger partial charge is 0.242 e. The first-order valence-corrected chi connectivity index (χ1v) is 13.1. The second kappa shape index (κ2) is 12.6. The zero-order valence-electron chi connectivity index (χ0n) is 20.4. The van der Waals surface area contributed by atoms with Crippen LogP contribution in [0.5, 0.6) is 0 Å². The summed E-state index contributed by atoms with van der Waals surface area (Å²) in [5.41, 5.74) is 3.05. The van der Waals surface area contributed by atoms with Crippen LogP contribution in [0, 0.1) is 0 Å². The van der Waals surface area contributed by atoms with Gasteiger partial charge < -0.3 is 10.2 Å². The zero-order valence-corrected chi connectivity index (χ0v) is 22.0. The molecule has 2 amide bonds. The summed E-state index contributed by atoms with van der Waals surface area (Å²) >= 11 is 12.8. The van der Waals surface area contributed by atoms with Gasteiger partial charge in [-0.15, -0.1) is 0 Å². The van der Waals surface area contributed by atoms with Crippen molar-refractivity contribution in [3.63, 3.8) is 0 Å².